The van der Waals surface area contributed by atoms with Gasteiger partial charge >= 0.3 is 0 Å². The lowest BCUT2D eigenvalue weighted by Crippen LogP contribution is -2.31. The van der Waals surface area contributed by atoms with Crippen LogP contribution in [0.15, 0.2) is 30.6 Å². The molecule has 0 saturated heterocycles. The van der Waals surface area contributed by atoms with Crippen molar-refractivity contribution in [3.05, 3.63) is 42.0 Å². The van der Waals surface area contributed by atoms with Gasteiger partial charge in [0, 0.05) is 25.4 Å². The van der Waals surface area contributed by atoms with Gasteiger partial charge in [0.15, 0.2) is 5.75 Å². The number of hydrazine groups is 1. The number of nitrogens with two attached hydrogens (primary N) is 1. The van der Waals surface area contributed by atoms with Gasteiger partial charge in [0.2, 0.25) is 0 Å². The van der Waals surface area contributed by atoms with Crippen molar-refractivity contribution in [3.8, 4) is 5.75 Å². The fraction of sp³-hybridized carbons (Fsp3) is 0.333. The Morgan fingerprint density at radius 1 is 1.50 bits per heavy atom. The lowest BCUT2D eigenvalue weighted by Gasteiger charge is -2.17. The molecular weight excluding hydrogens is 230 g/mol. The van der Waals surface area contributed by atoms with Crippen molar-refractivity contribution < 1.29 is 4.74 Å². The molecule has 2 rings (SSSR count). The molecule has 0 amide bonds. The van der Waals surface area contributed by atoms with Crippen molar-refractivity contribution in [2.75, 3.05) is 7.11 Å². The second-order valence-electron chi connectivity index (χ2n) is 3.97. The third-order valence-corrected chi connectivity index (χ3v) is 2.84. The number of nitrogens with one attached hydrogen (secondary N) is 1. The zero-order chi connectivity index (χ0) is 13.0. The molecule has 6 nitrogen and oxygen atoms in total. The van der Waals surface area contributed by atoms with E-state index in [1.54, 1.807) is 24.2 Å². The summed E-state index contributed by atoms with van der Waals surface area (Å²) in [5.74, 6) is 6.35. The molecule has 0 aliphatic carbocycles. The molecule has 1 unspecified atom stereocenters. The van der Waals surface area contributed by atoms with Gasteiger partial charge in [-0.15, -0.1) is 0 Å². The second-order valence-corrected chi connectivity index (χ2v) is 3.97. The van der Waals surface area contributed by atoms with Crippen molar-refractivity contribution in [1.82, 2.24) is 20.2 Å². The maximum Gasteiger partial charge on any atom is 0.161 e. The summed E-state index contributed by atoms with van der Waals surface area (Å²) >= 11 is 0. The zero-order valence-electron chi connectivity index (χ0n) is 10.5. The van der Waals surface area contributed by atoms with Crippen LogP contribution >= 0.6 is 0 Å². The molecule has 0 spiro atoms. The SMILES string of the molecule is COc1cnn(C)c1C(Cc1ccccn1)NN. The van der Waals surface area contributed by atoms with E-state index in [0.717, 1.165) is 17.1 Å². The predicted molar refractivity (Wildman–Crippen MR) is 67.8 cm³/mol. The molecule has 0 bridgehead atoms. The maximum absolute atomic E-state index is 5.63. The summed E-state index contributed by atoms with van der Waals surface area (Å²) < 4.78 is 7.04. The molecule has 0 radical (unpaired) electrons. The van der Waals surface area contributed by atoms with E-state index in [1.807, 2.05) is 25.2 Å². The fourth-order valence-electron chi connectivity index (χ4n) is 1.94. The van der Waals surface area contributed by atoms with E-state index < -0.39 is 0 Å². The molecule has 0 aliphatic rings. The average molecular weight is 247 g/mol. The summed E-state index contributed by atoms with van der Waals surface area (Å²) in [6.45, 7) is 0. The lowest BCUT2D eigenvalue weighted by atomic mass is 10.1. The van der Waals surface area contributed by atoms with Crippen LogP contribution in [0, 0.1) is 0 Å². The van der Waals surface area contributed by atoms with Crippen molar-refractivity contribution in [1.29, 1.82) is 0 Å². The standard InChI is InChI=1S/C12H17N5O/c1-17-12(11(18-2)8-15-17)10(16-13)7-9-5-3-4-6-14-9/h3-6,8,10,16H,7,13H2,1-2H3. The Hall–Kier alpha value is -1.92. The largest absolute Gasteiger partial charge is 0.493 e. The molecular formula is C12H17N5O. The van der Waals surface area contributed by atoms with Gasteiger partial charge in [-0.05, 0) is 12.1 Å². The van der Waals surface area contributed by atoms with Crippen LogP contribution in [0.2, 0.25) is 0 Å². The quantitative estimate of drug-likeness (QED) is 0.596. The van der Waals surface area contributed by atoms with E-state index in [1.165, 1.54) is 0 Å². The second kappa shape index (κ2) is 5.61. The van der Waals surface area contributed by atoms with Crippen molar-refractivity contribution in [2.45, 2.75) is 12.5 Å². The summed E-state index contributed by atoms with van der Waals surface area (Å²) in [4.78, 5) is 4.30. The molecule has 3 N–H and O–H groups in total. The minimum absolute atomic E-state index is 0.0950. The maximum atomic E-state index is 5.63. The van der Waals surface area contributed by atoms with Crippen molar-refractivity contribution in [2.24, 2.45) is 12.9 Å². The van der Waals surface area contributed by atoms with Gasteiger partial charge in [0.1, 0.15) is 0 Å². The number of rotatable bonds is 5. The minimum atomic E-state index is -0.0950. The van der Waals surface area contributed by atoms with Crippen LogP contribution in [0.3, 0.4) is 0 Å². The first-order chi connectivity index (χ1) is 8.76. The van der Waals surface area contributed by atoms with Gasteiger partial charge in [0.25, 0.3) is 0 Å². The van der Waals surface area contributed by atoms with Gasteiger partial charge < -0.3 is 4.74 Å². The molecule has 2 aromatic rings. The Balaban J connectivity index is 2.25. The Labute approximate surface area is 106 Å². The third kappa shape index (κ3) is 2.49. The third-order valence-electron chi connectivity index (χ3n) is 2.84. The molecule has 2 heterocycles. The number of nitrogens with zero attached hydrogens (tertiary/aromatic N) is 3. The molecule has 18 heavy (non-hydrogen) atoms. The molecule has 96 valence electrons. The first-order valence-corrected chi connectivity index (χ1v) is 5.68. The van der Waals surface area contributed by atoms with Crippen LogP contribution in [0.25, 0.3) is 0 Å². The monoisotopic (exact) mass is 247 g/mol. The number of hydrogen-bond acceptors (Lipinski definition) is 5. The summed E-state index contributed by atoms with van der Waals surface area (Å²) in [5.41, 5.74) is 4.66. The van der Waals surface area contributed by atoms with Gasteiger partial charge in [-0.1, -0.05) is 6.07 Å². The molecule has 6 heteroatoms. The number of ether oxygens (including phenoxy) is 1. The van der Waals surface area contributed by atoms with E-state index in [-0.39, 0.29) is 6.04 Å². The summed E-state index contributed by atoms with van der Waals surface area (Å²) in [7, 11) is 3.48. The van der Waals surface area contributed by atoms with Gasteiger partial charge in [-0.25, -0.2) is 0 Å². The Morgan fingerprint density at radius 2 is 2.33 bits per heavy atom. The van der Waals surface area contributed by atoms with Gasteiger partial charge in [-0.2, -0.15) is 5.10 Å². The first kappa shape index (κ1) is 12.5. The van der Waals surface area contributed by atoms with Crippen LogP contribution in [0.4, 0.5) is 0 Å². The number of hydrogen-bond donors (Lipinski definition) is 2. The average Bonchev–Trinajstić information content (AvgIpc) is 2.78. The van der Waals surface area contributed by atoms with E-state index in [0.29, 0.717) is 6.42 Å². The fourth-order valence-corrected chi connectivity index (χ4v) is 1.94. The topological polar surface area (TPSA) is 78.0 Å². The number of aromatic nitrogens is 3. The van der Waals surface area contributed by atoms with Crippen molar-refractivity contribution in [3.63, 3.8) is 0 Å². The predicted octanol–water partition coefficient (Wildman–Crippen LogP) is 0.571. The van der Waals surface area contributed by atoms with Crippen LogP contribution in [-0.4, -0.2) is 21.9 Å². The zero-order valence-corrected chi connectivity index (χ0v) is 10.5. The van der Waals surface area contributed by atoms with Crippen LogP contribution < -0.4 is 16.0 Å². The van der Waals surface area contributed by atoms with Crippen LogP contribution in [-0.2, 0) is 13.5 Å². The van der Waals surface area contributed by atoms with E-state index in [2.05, 4.69) is 15.5 Å². The van der Waals surface area contributed by atoms with E-state index in [4.69, 9.17) is 10.6 Å². The molecule has 0 aliphatic heterocycles. The van der Waals surface area contributed by atoms with Crippen molar-refractivity contribution >= 4 is 0 Å². The summed E-state index contributed by atoms with van der Waals surface area (Å²) in [5, 5.41) is 4.17. The highest BCUT2D eigenvalue weighted by Crippen LogP contribution is 2.25. The van der Waals surface area contributed by atoms with Crippen LogP contribution in [0.5, 0.6) is 5.75 Å². The highest BCUT2D eigenvalue weighted by atomic mass is 16.5. The molecule has 0 fully saturated rings. The highest BCUT2D eigenvalue weighted by Gasteiger charge is 2.20. The highest BCUT2D eigenvalue weighted by molar-refractivity contribution is 5.29. The van der Waals surface area contributed by atoms with Gasteiger partial charge in [-0.3, -0.25) is 20.9 Å². The van der Waals surface area contributed by atoms with E-state index >= 15 is 0 Å². The summed E-state index contributed by atoms with van der Waals surface area (Å²) in [6.07, 6.45) is 4.12. The first-order valence-electron chi connectivity index (χ1n) is 5.68. The normalized spacial score (nSPS) is 12.4. The van der Waals surface area contributed by atoms with Crippen LogP contribution in [0.1, 0.15) is 17.4 Å². The Morgan fingerprint density at radius 3 is 2.94 bits per heavy atom. The summed E-state index contributed by atoms with van der Waals surface area (Å²) in [6, 6.07) is 5.71. The number of pyridine rings is 1. The molecule has 0 aromatic carbocycles. The smallest absolute Gasteiger partial charge is 0.161 e. The molecule has 0 saturated carbocycles. The Bertz CT molecular complexity index is 496. The molecule has 1 atom stereocenters. The lowest BCUT2D eigenvalue weighted by molar-refractivity contribution is 0.393. The number of methoxy groups -OCH3 is 1. The Kier molecular flexibility index (Phi) is 3.91. The molecule has 2 aromatic heterocycles. The van der Waals surface area contributed by atoms with E-state index in [9.17, 15) is 0 Å². The minimum Gasteiger partial charge on any atom is -0.493 e. The number of aryl methyl sites for hydroxylation is 1. The van der Waals surface area contributed by atoms with Gasteiger partial charge in [0.05, 0.1) is 25.0 Å².